The number of halogens is 3. The molecule has 1 aromatic rings. The van der Waals surface area contributed by atoms with Gasteiger partial charge in [-0.05, 0) is 54.7 Å². The van der Waals surface area contributed by atoms with Crippen LogP contribution in [0.2, 0.25) is 0 Å². The Morgan fingerprint density at radius 3 is 2.54 bits per heavy atom. The summed E-state index contributed by atoms with van der Waals surface area (Å²) < 4.78 is 27.0. The van der Waals surface area contributed by atoms with Crippen LogP contribution >= 0.6 is 11.6 Å². The Morgan fingerprint density at radius 1 is 1.33 bits per heavy atom. The molecule has 1 aromatic carbocycles. The van der Waals surface area contributed by atoms with Crippen LogP contribution in [0.4, 0.5) is 14.5 Å². The van der Waals surface area contributed by atoms with Crippen LogP contribution in [0.3, 0.4) is 0 Å². The van der Waals surface area contributed by atoms with Gasteiger partial charge in [0.15, 0.2) is 0 Å². The monoisotopic (exact) mass is 353 g/mol. The van der Waals surface area contributed by atoms with Crippen LogP contribution in [0.15, 0.2) is 42.0 Å². The minimum atomic E-state index is -2.54. The van der Waals surface area contributed by atoms with Crippen LogP contribution in [-0.2, 0) is 6.42 Å². The van der Waals surface area contributed by atoms with E-state index in [-0.39, 0.29) is 5.56 Å². The molecule has 0 saturated carbocycles. The van der Waals surface area contributed by atoms with Gasteiger partial charge in [0, 0.05) is 29.9 Å². The second kappa shape index (κ2) is 9.63. The first kappa shape index (κ1) is 20.4. The van der Waals surface area contributed by atoms with E-state index in [1.54, 1.807) is 31.2 Å². The molecule has 0 fully saturated rings. The number of rotatable bonds is 4. The molecule has 0 bridgehead atoms. The van der Waals surface area contributed by atoms with Gasteiger partial charge in [0.25, 0.3) is 6.43 Å². The van der Waals surface area contributed by atoms with E-state index < -0.39 is 6.43 Å². The summed E-state index contributed by atoms with van der Waals surface area (Å²) in [6.07, 6.45) is 4.36. The fourth-order valence-electron chi connectivity index (χ4n) is 2.74. The molecule has 2 rings (SSSR count). The quantitative estimate of drug-likeness (QED) is 0.541. The Morgan fingerprint density at radius 2 is 2.00 bits per heavy atom. The first-order valence-electron chi connectivity index (χ1n) is 8.30. The maximum atomic E-state index is 13.5. The number of fused-ring (bicyclic) bond motifs is 1. The summed E-state index contributed by atoms with van der Waals surface area (Å²) in [6, 6.07) is 3.47. The molecule has 0 aromatic heterocycles. The number of benzene rings is 1. The van der Waals surface area contributed by atoms with Gasteiger partial charge in [-0.25, -0.2) is 8.78 Å². The van der Waals surface area contributed by atoms with Gasteiger partial charge in [-0.3, -0.25) is 0 Å². The van der Waals surface area contributed by atoms with Crippen molar-refractivity contribution in [3.05, 3.63) is 58.7 Å². The van der Waals surface area contributed by atoms with Gasteiger partial charge in [-0.2, -0.15) is 0 Å². The lowest BCUT2D eigenvalue weighted by Crippen LogP contribution is -2.25. The van der Waals surface area contributed by atoms with Crippen LogP contribution in [0, 0.1) is 0 Å². The molecular formula is C20H26ClF2N. The van der Waals surface area contributed by atoms with Crippen LogP contribution in [-0.4, -0.2) is 13.6 Å². The average Bonchev–Trinajstić information content (AvgIpc) is 2.60. The number of nitrogens with zero attached hydrogens (tertiary/aromatic N) is 1. The molecule has 24 heavy (non-hydrogen) atoms. The fraction of sp³-hybridized carbons (Fsp3) is 0.400. The highest BCUT2D eigenvalue weighted by molar-refractivity contribution is 6.31. The lowest BCUT2D eigenvalue weighted by molar-refractivity contribution is 0.151. The summed E-state index contributed by atoms with van der Waals surface area (Å²) in [4.78, 5) is 2.03. The van der Waals surface area contributed by atoms with Crippen molar-refractivity contribution in [3.63, 3.8) is 0 Å². The van der Waals surface area contributed by atoms with Crippen molar-refractivity contribution in [1.29, 1.82) is 0 Å². The van der Waals surface area contributed by atoms with Crippen molar-refractivity contribution in [2.45, 2.75) is 40.0 Å². The zero-order chi connectivity index (χ0) is 18.3. The zero-order valence-corrected chi connectivity index (χ0v) is 15.6. The topological polar surface area (TPSA) is 3.24 Å². The Bertz CT molecular complexity index is 633. The highest BCUT2D eigenvalue weighted by Gasteiger charge is 2.22. The van der Waals surface area contributed by atoms with Crippen LogP contribution < -0.4 is 4.90 Å². The second-order valence-corrected chi connectivity index (χ2v) is 5.81. The molecule has 0 radical (unpaired) electrons. The third kappa shape index (κ3) is 4.70. The lowest BCUT2D eigenvalue weighted by atomic mass is 9.92. The molecule has 1 heterocycles. The largest absolute Gasteiger partial charge is 0.374 e. The molecule has 1 aliphatic heterocycles. The predicted octanol–water partition coefficient (Wildman–Crippen LogP) is 6.74. The molecule has 0 amide bonds. The number of aryl methyl sites for hydroxylation is 1. The lowest BCUT2D eigenvalue weighted by Gasteiger charge is -2.29. The molecule has 4 heteroatoms. The van der Waals surface area contributed by atoms with Gasteiger partial charge >= 0.3 is 0 Å². The van der Waals surface area contributed by atoms with Crippen molar-refractivity contribution in [2.24, 2.45) is 0 Å². The fourth-order valence-corrected chi connectivity index (χ4v) is 2.86. The minimum Gasteiger partial charge on any atom is -0.374 e. The molecule has 0 atom stereocenters. The maximum absolute atomic E-state index is 13.5. The van der Waals surface area contributed by atoms with Gasteiger partial charge < -0.3 is 4.90 Å². The van der Waals surface area contributed by atoms with Gasteiger partial charge in [0.05, 0.1) is 0 Å². The van der Waals surface area contributed by atoms with Crippen LogP contribution in [0.25, 0.3) is 5.57 Å². The Balaban J connectivity index is 0.00000139. The van der Waals surface area contributed by atoms with Crippen molar-refractivity contribution in [2.75, 3.05) is 18.5 Å². The van der Waals surface area contributed by atoms with Crippen molar-refractivity contribution < 1.29 is 8.78 Å². The van der Waals surface area contributed by atoms with E-state index in [0.717, 1.165) is 30.6 Å². The average molecular weight is 354 g/mol. The third-order valence-electron chi connectivity index (χ3n) is 3.94. The standard InChI is InChI=1S/C18H20ClF2N.C2H6/c1-4-12(9-14(19)5-2)15-10-13-7-6-8-22(3)17(13)11-16(15)18(20)21;1-2/h4-5,9-11,18H,1,6-8H2,2-3H3;1-2H3/b12-9+,14-5+;. The summed E-state index contributed by atoms with van der Waals surface area (Å²) in [5, 5.41) is 0.505. The number of hydrogen-bond donors (Lipinski definition) is 0. The molecule has 0 aliphatic carbocycles. The summed E-state index contributed by atoms with van der Waals surface area (Å²) in [6.45, 7) is 10.4. The highest BCUT2D eigenvalue weighted by Crippen LogP contribution is 2.37. The van der Waals surface area contributed by atoms with E-state index in [1.807, 2.05) is 31.9 Å². The first-order chi connectivity index (χ1) is 11.5. The highest BCUT2D eigenvalue weighted by atomic mass is 35.5. The van der Waals surface area contributed by atoms with Crippen molar-refractivity contribution in [3.8, 4) is 0 Å². The molecule has 0 saturated heterocycles. The molecule has 0 N–H and O–H groups in total. The number of alkyl halides is 2. The molecular weight excluding hydrogens is 328 g/mol. The van der Waals surface area contributed by atoms with Gasteiger partial charge in [0.2, 0.25) is 0 Å². The second-order valence-electron chi connectivity index (χ2n) is 5.37. The smallest absolute Gasteiger partial charge is 0.264 e. The molecule has 1 aliphatic rings. The molecule has 0 unspecified atom stereocenters. The van der Waals surface area contributed by atoms with Crippen LogP contribution in [0.1, 0.15) is 50.3 Å². The molecule has 1 nitrogen and oxygen atoms in total. The zero-order valence-electron chi connectivity index (χ0n) is 14.9. The summed E-state index contributed by atoms with van der Waals surface area (Å²) in [5.41, 5.74) is 3.15. The van der Waals surface area contributed by atoms with Crippen molar-refractivity contribution >= 4 is 22.9 Å². The van der Waals surface area contributed by atoms with E-state index >= 15 is 0 Å². The van der Waals surface area contributed by atoms with E-state index in [4.69, 9.17) is 11.6 Å². The summed E-state index contributed by atoms with van der Waals surface area (Å²) in [5.74, 6) is 0. The Labute approximate surface area is 149 Å². The maximum Gasteiger partial charge on any atom is 0.264 e. The molecule has 132 valence electrons. The minimum absolute atomic E-state index is 0.0271. The summed E-state index contributed by atoms with van der Waals surface area (Å²) >= 11 is 6.03. The normalized spacial score (nSPS) is 14.9. The number of hydrogen-bond acceptors (Lipinski definition) is 1. The van der Waals surface area contributed by atoms with Crippen molar-refractivity contribution in [1.82, 2.24) is 0 Å². The van der Waals surface area contributed by atoms with E-state index in [1.165, 1.54) is 0 Å². The van der Waals surface area contributed by atoms with E-state index in [2.05, 4.69) is 6.58 Å². The van der Waals surface area contributed by atoms with Gasteiger partial charge in [-0.15, -0.1) is 0 Å². The van der Waals surface area contributed by atoms with E-state index in [9.17, 15) is 8.78 Å². The summed E-state index contributed by atoms with van der Waals surface area (Å²) in [7, 11) is 1.94. The predicted molar refractivity (Wildman–Crippen MR) is 102 cm³/mol. The van der Waals surface area contributed by atoms with Gasteiger partial charge in [-0.1, -0.05) is 44.2 Å². The Hall–Kier alpha value is -1.61. The van der Waals surface area contributed by atoms with Gasteiger partial charge in [0.1, 0.15) is 0 Å². The number of allylic oxidation sites excluding steroid dienone is 5. The first-order valence-corrected chi connectivity index (χ1v) is 8.68. The van der Waals surface area contributed by atoms with Crippen LogP contribution in [0.5, 0.6) is 0 Å². The number of anilines is 1. The molecule has 0 spiro atoms. The third-order valence-corrected chi connectivity index (χ3v) is 4.26. The Kier molecular flexibility index (Phi) is 8.20. The SMILES string of the molecule is C=C/C(=C\C(Cl)=C/C)c1cc2c(cc1C(F)F)N(C)CCC2.CC. The van der Waals surface area contributed by atoms with E-state index in [0.29, 0.717) is 16.2 Å².